The molecular weight excluding hydrogens is 284 g/mol. The molecule has 0 bridgehead atoms. The lowest BCUT2D eigenvalue weighted by Gasteiger charge is -2.15. The summed E-state index contributed by atoms with van der Waals surface area (Å²) in [6, 6.07) is 7.65. The predicted molar refractivity (Wildman–Crippen MR) is 77.3 cm³/mol. The quantitative estimate of drug-likeness (QED) is 0.748. The van der Waals surface area contributed by atoms with E-state index >= 15 is 0 Å². The number of nitrogens with zero attached hydrogens (tertiary/aromatic N) is 5. The second-order valence-electron chi connectivity index (χ2n) is 4.63. The lowest BCUT2D eigenvalue weighted by atomic mass is 10.1. The number of rotatable bonds is 2. The van der Waals surface area contributed by atoms with Gasteiger partial charge in [0.1, 0.15) is 6.33 Å². The highest BCUT2D eigenvalue weighted by atomic mass is 16.5. The Kier molecular flexibility index (Phi) is 2.78. The Labute approximate surface area is 124 Å². The highest BCUT2D eigenvalue weighted by Gasteiger charge is 2.20. The molecule has 1 aliphatic rings. The van der Waals surface area contributed by atoms with Crippen molar-refractivity contribution in [3.05, 3.63) is 48.7 Å². The van der Waals surface area contributed by atoms with E-state index in [0.29, 0.717) is 11.5 Å². The third-order valence-corrected chi connectivity index (χ3v) is 3.24. The monoisotopic (exact) mass is 294 g/mol. The SMILES string of the molecule is O=C1COC(c2nnc(-n3ccnc3)c3ccccc23)=NN1. The third-order valence-electron chi connectivity index (χ3n) is 3.24. The Hall–Kier alpha value is -3.29. The van der Waals surface area contributed by atoms with Crippen molar-refractivity contribution < 1.29 is 9.53 Å². The van der Waals surface area contributed by atoms with Gasteiger partial charge in [0, 0.05) is 23.2 Å². The number of imidazole rings is 1. The van der Waals surface area contributed by atoms with Gasteiger partial charge in [-0.2, -0.15) is 0 Å². The van der Waals surface area contributed by atoms with E-state index in [4.69, 9.17) is 4.74 Å². The van der Waals surface area contributed by atoms with Crippen molar-refractivity contribution in [3.63, 3.8) is 0 Å². The summed E-state index contributed by atoms with van der Waals surface area (Å²) >= 11 is 0. The number of aromatic nitrogens is 4. The first-order valence-electron chi connectivity index (χ1n) is 6.56. The maximum absolute atomic E-state index is 11.1. The van der Waals surface area contributed by atoms with E-state index in [1.165, 1.54) is 0 Å². The molecule has 22 heavy (non-hydrogen) atoms. The van der Waals surface area contributed by atoms with E-state index in [9.17, 15) is 4.79 Å². The Morgan fingerprint density at radius 2 is 2.05 bits per heavy atom. The lowest BCUT2D eigenvalue weighted by molar-refractivity contribution is -0.124. The molecule has 4 rings (SSSR count). The van der Waals surface area contributed by atoms with Crippen molar-refractivity contribution in [1.29, 1.82) is 0 Å². The molecule has 8 heteroatoms. The highest BCUT2D eigenvalue weighted by Crippen LogP contribution is 2.23. The van der Waals surface area contributed by atoms with E-state index in [-0.39, 0.29) is 18.4 Å². The van der Waals surface area contributed by atoms with Crippen LogP contribution in [0.1, 0.15) is 5.69 Å². The Balaban J connectivity index is 1.92. The first-order valence-corrected chi connectivity index (χ1v) is 6.56. The number of hydrogen-bond donors (Lipinski definition) is 1. The van der Waals surface area contributed by atoms with Gasteiger partial charge in [0.25, 0.3) is 11.8 Å². The molecule has 3 heterocycles. The molecule has 0 atom stereocenters. The molecule has 1 N–H and O–H groups in total. The van der Waals surface area contributed by atoms with Gasteiger partial charge in [-0.15, -0.1) is 15.3 Å². The van der Waals surface area contributed by atoms with Crippen molar-refractivity contribution in [2.24, 2.45) is 5.10 Å². The summed E-state index contributed by atoms with van der Waals surface area (Å²) in [6.45, 7) is -0.0852. The van der Waals surface area contributed by atoms with Crippen LogP contribution in [0.4, 0.5) is 0 Å². The molecule has 0 saturated carbocycles. The smallest absolute Gasteiger partial charge is 0.278 e. The maximum atomic E-state index is 11.1. The number of carbonyl (C=O) groups is 1. The van der Waals surface area contributed by atoms with E-state index in [2.05, 4.69) is 25.7 Å². The molecule has 2 aromatic heterocycles. The summed E-state index contributed by atoms with van der Waals surface area (Å²) < 4.78 is 7.11. The van der Waals surface area contributed by atoms with Crippen LogP contribution in [0.15, 0.2) is 48.1 Å². The van der Waals surface area contributed by atoms with Gasteiger partial charge in [0.05, 0.1) is 0 Å². The number of carbonyl (C=O) groups excluding carboxylic acids is 1. The van der Waals surface area contributed by atoms with Crippen molar-refractivity contribution >= 4 is 22.6 Å². The Bertz CT molecular complexity index is 887. The van der Waals surface area contributed by atoms with Crippen LogP contribution in [0.3, 0.4) is 0 Å². The molecule has 0 fully saturated rings. The Morgan fingerprint density at radius 1 is 1.18 bits per heavy atom. The lowest BCUT2D eigenvalue weighted by Crippen LogP contribution is -2.32. The maximum Gasteiger partial charge on any atom is 0.278 e. The van der Waals surface area contributed by atoms with Crippen LogP contribution >= 0.6 is 0 Å². The Morgan fingerprint density at radius 3 is 2.77 bits per heavy atom. The molecule has 8 nitrogen and oxygen atoms in total. The highest BCUT2D eigenvalue weighted by molar-refractivity contribution is 6.07. The van der Waals surface area contributed by atoms with Gasteiger partial charge >= 0.3 is 0 Å². The number of fused-ring (bicyclic) bond motifs is 1. The van der Waals surface area contributed by atoms with Crippen molar-refractivity contribution in [2.45, 2.75) is 0 Å². The minimum absolute atomic E-state index is 0.0852. The zero-order valence-electron chi connectivity index (χ0n) is 11.3. The molecule has 1 aliphatic heterocycles. The minimum atomic E-state index is -0.295. The second kappa shape index (κ2) is 4.92. The number of hydrazone groups is 1. The topological polar surface area (TPSA) is 94.3 Å². The largest absolute Gasteiger partial charge is 0.465 e. The summed E-state index contributed by atoms with van der Waals surface area (Å²) in [7, 11) is 0. The minimum Gasteiger partial charge on any atom is -0.465 e. The fourth-order valence-corrected chi connectivity index (χ4v) is 2.26. The van der Waals surface area contributed by atoms with Gasteiger partial charge < -0.3 is 4.74 Å². The molecular formula is C14H10N6O2. The van der Waals surface area contributed by atoms with E-state index in [1.807, 2.05) is 24.3 Å². The van der Waals surface area contributed by atoms with Gasteiger partial charge in [-0.25, -0.2) is 10.4 Å². The first-order chi connectivity index (χ1) is 10.8. The third kappa shape index (κ3) is 1.97. The van der Waals surface area contributed by atoms with Crippen LogP contribution in [0, 0.1) is 0 Å². The number of benzene rings is 1. The van der Waals surface area contributed by atoms with Gasteiger partial charge in [0.15, 0.2) is 18.1 Å². The van der Waals surface area contributed by atoms with Crippen LogP contribution in [0.25, 0.3) is 16.6 Å². The average molecular weight is 294 g/mol. The van der Waals surface area contributed by atoms with E-state index < -0.39 is 0 Å². The van der Waals surface area contributed by atoms with Crippen molar-refractivity contribution in [1.82, 2.24) is 25.2 Å². The number of hydrogen-bond acceptors (Lipinski definition) is 6. The summed E-state index contributed by atoms with van der Waals surface area (Å²) in [6.07, 6.45) is 5.13. The van der Waals surface area contributed by atoms with Crippen LogP contribution in [-0.4, -0.2) is 38.2 Å². The zero-order valence-corrected chi connectivity index (χ0v) is 11.3. The van der Waals surface area contributed by atoms with Crippen LogP contribution in [0.2, 0.25) is 0 Å². The predicted octanol–water partition coefficient (Wildman–Crippen LogP) is 0.623. The molecule has 0 spiro atoms. The van der Waals surface area contributed by atoms with E-state index in [1.54, 1.807) is 23.3 Å². The van der Waals surface area contributed by atoms with Gasteiger partial charge in [0.2, 0.25) is 0 Å². The molecule has 108 valence electrons. The normalized spacial score (nSPS) is 14.4. The van der Waals surface area contributed by atoms with E-state index in [0.717, 1.165) is 10.8 Å². The summed E-state index contributed by atoms with van der Waals surface area (Å²) in [5.74, 6) is 0.619. The summed E-state index contributed by atoms with van der Waals surface area (Å²) in [5, 5.41) is 14.1. The standard InChI is InChI=1S/C14H10N6O2/c21-11-7-22-14(19-16-11)12-9-3-1-2-4-10(9)13(18-17-12)20-6-5-15-8-20/h1-6,8H,7H2,(H,16,21). The number of nitrogens with one attached hydrogen (secondary N) is 1. The van der Waals surface area contributed by atoms with Gasteiger partial charge in [-0.1, -0.05) is 24.3 Å². The van der Waals surface area contributed by atoms with Crippen LogP contribution in [-0.2, 0) is 9.53 Å². The molecule has 3 aromatic rings. The van der Waals surface area contributed by atoms with Crippen molar-refractivity contribution in [3.8, 4) is 5.82 Å². The van der Waals surface area contributed by atoms with Crippen molar-refractivity contribution in [2.75, 3.05) is 6.61 Å². The molecule has 0 radical (unpaired) electrons. The van der Waals surface area contributed by atoms with Gasteiger partial charge in [-0.3, -0.25) is 9.36 Å². The first kappa shape index (κ1) is 12.5. The fourth-order valence-electron chi connectivity index (χ4n) is 2.26. The molecule has 1 amide bonds. The summed E-state index contributed by atoms with van der Waals surface area (Å²) in [4.78, 5) is 15.1. The number of amides is 1. The molecule has 0 unspecified atom stereocenters. The van der Waals surface area contributed by atoms with Gasteiger partial charge in [-0.05, 0) is 0 Å². The molecule has 0 aliphatic carbocycles. The average Bonchev–Trinajstić information content (AvgIpc) is 3.09. The number of ether oxygens (including phenoxy) is 1. The van der Waals surface area contributed by atoms with Crippen LogP contribution in [0.5, 0.6) is 0 Å². The summed E-state index contributed by atoms with van der Waals surface area (Å²) in [5.41, 5.74) is 2.86. The second-order valence-corrected chi connectivity index (χ2v) is 4.63. The molecule has 1 aromatic carbocycles. The fraction of sp³-hybridized carbons (Fsp3) is 0.0714. The van der Waals surface area contributed by atoms with Crippen LogP contribution < -0.4 is 5.43 Å². The zero-order chi connectivity index (χ0) is 14.9. The molecule has 0 saturated heterocycles.